The Labute approximate surface area is 431 Å². The van der Waals surface area contributed by atoms with E-state index >= 15 is 13.2 Å². The number of aromatic nitrogens is 3. The number of amides is 3. The molecular formula is C53H61BrF3N10O5P. The molecule has 73 heavy (non-hydrogen) atoms. The molecule has 20 heteroatoms. The zero-order valence-corrected chi connectivity index (χ0v) is 43.9. The van der Waals surface area contributed by atoms with Crippen LogP contribution >= 0.6 is 23.1 Å². The minimum Gasteiger partial charge on any atom is -0.494 e. The van der Waals surface area contributed by atoms with Crippen molar-refractivity contribution >= 4 is 91.5 Å². The first-order valence-electron chi connectivity index (χ1n) is 25.6. The van der Waals surface area contributed by atoms with Crippen molar-refractivity contribution in [1.82, 2.24) is 30.1 Å². The van der Waals surface area contributed by atoms with Crippen LogP contribution in [0, 0.1) is 23.4 Å². The third kappa shape index (κ3) is 10.3. The number of hydrogen-bond acceptors (Lipinski definition) is 13. The van der Waals surface area contributed by atoms with Crippen LogP contribution in [0.1, 0.15) is 81.5 Å². The molecule has 5 aromatic rings. The Hall–Kier alpha value is -5.78. The maximum absolute atomic E-state index is 15.8. The summed E-state index contributed by atoms with van der Waals surface area (Å²) >= 11 is 3.59. The van der Waals surface area contributed by atoms with Gasteiger partial charge in [-0.25, -0.2) is 23.1 Å². The second-order valence-electron chi connectivity index (χ2n) is 19.9. The normalized spacial score (nSPS) is 20.7. The van der Waals surface area contributed by atoms with Gasteiger partial charge in [-0.3, -0.25) is 24.6 Å². The van der Waals surface area contributed by atoms with Crippen LogP contribution in [0.3, 0.4) is 0 Å². The van der Waals surface area contributed by atoms with Crippen LogP contribution in [-0.4, -0.2) is 120 Å². The van der Waals surface area contributed by atoms with Gasteiger partial charge in [0.25, 0.3) is 0 Å². The molecule has 5 aliphatic heterocycles. The summed E-state index contributed by atoms with van der Waals surface area (Å²) in [6, 6.07) is 12.1. The van der Waals surface area contributed by atoms with E-state index in [1.807, 2.05) is 28.9 Å². The summed E-state index contributed by atoms with van der Waals surface area (Å²) in [7, 11) is -1.21. The number of nitrogens with zero attached hydrogens (tertiary/aromatic N) is 7. The lowest BCUT2D eigenvalue weighted by Gasteiger charge is -2.44. The fourth-order valence-corrected chi connectivity index (χ4v) is 15.2. The minimum atomic E-state index is -2.85. The van der Waals surface area contributed by atoms with E-state index in [0.717, 1.165) is 75.2 Å². The number of fused-ring (bicyclic) bond motifs is 1. The summed E-state index contributed by atoms with van der Waals surface area (Å²) in [5.41, 5.74) is 4.35. The minimum absolute atomic E-state index is 0.0212. The number of imide groups is 1. The highest BCUT2D eigenvalue weighted by Crippen LogP contribution is 2.54. The summed E-state index contributed by atoms with van der Waals surface area (Å²) in [6.07, 6.45) is 8.44. The van der Waals surface area contributed by atoms with Gasteiger partial charge in [-0.05, 0) is 97.1 Å². The molecule has 0 bridgehead atoms. The molecule has 3 aromatic carbocycles. The summed E-state index contributed by atoms with van der Waals surface area (Å²) in [5, 5.41) is 10.1. The molecule has 0 radical (unpaired) electrons. The topological polar surface area (TPSA) is 165 Å². The summed E-state index contributed by atoms with van der Waals surface area (Å²) < 4.78 is 67.5. The fraction of sp³-hybridized carbons (Fsp3) is 0.472. The summed E-state index contributed by atoms with van der Waals surface area (Å²) in [6.45, 7) is 9.42. The van der Waals surface area contributed by atoms with Crippen LogP contribution in [0.25, 0.3) is 10.9 Å². The van der Waals surface area contributed by atoms with Gasteiger partial charge < -0.3 is 34.6 Å². The number of carbonyl (C=O) groups is 3. The van der Waals surface area contributed by atoms with Crippen molar-refractivity contribution in [1.29, 1.82) is 0 Å². The van der Waals surface area contributed by atoms with Crippen LogP contribution in [0.4, 0.5) is 47.7 Å². The molecule has 2 atom stereocenters. The van der Waals surface area contributed by atoms with Crippen molar-refractivity contribution in [3.05, 3.63) is 87.4 Å². The Bertz CT molecular complexity index is 2990. The van der Waals surface area contributed by atoms with Gasteiger partial charge in [-0.15, -0.1) is 0 Å². The van der Waals surface area contributed by atoms with Crippen molar-refractivity contribution < 1.29 is 36.9 Å². The number of halogens is 4. The summed E-state index contributed by atoms with van der Waals surface area (Å²) in [4.78, 5) is 60.4. The fourth-order valence-electron chi connectivity index (χ4n) is 11.6. The first kappa shape index (κ1) is 50.7. The SMILES string of the molecule is CCc1ccc2c(P3(=O)CCCC3)c(Nc3nc(Nc4cc(CC)c(N5CCC(N6CCN(C(=O)[C@@H]7CCN(c8cc(F)c(C9CCC(=O)NC9=O)c(F)c8)C7)CC6)CC5)cc4OC)ncc3Br)cc(F)c2n1. The Kier molecular flexibility index (Phi) is 14.7. The highest BCUT2D eigenvalue weighted by molar-refractivity contribution is 9.10. The first-order chi connectivity index (χ1) is 35.2. The number of methoxy groups -OCH3 is 1. The van der Waals surface area contributed by atoms with Crippen molar-refractivity contribution in [2.24, 2.45) is 5.92 Å². The molecule has 0 spiro atoms. The van der Waals surface area contributed by atoms with Crippen molar-refractivity contribution in [2.75, 3.05) is 92.2 Å². The molecule has 5 saturated heterocycles. The Balaban J connectivity index is 0.756. The van der Waals surface area contributed by atoms with Crippen molar-refractivity contribution in [2.45, 2.75) is 83.6 Å². The van der Waals surface area contributed by atoms with Gasteiger partial charge in [-0.2, -0.15) is 4.98 Å². The average molecular weight is 1090 g/mol. The van der Waals surface area contributed by atoms with E-state index in [1.54, 1.807) is 13.3 Å². The molecule has 386 valence electrons. The molecule has 5 fully saturated rings. The number of carbonyl (C=O) groups excluding carboxylic acids is 3. The van der Waals surface area contributed by atoms with Gasteiger partial charge in [0.1, 0.15) is 35.9 Å². The number of piperidine rings is 2. The van der Waals surface area contributed by atoms with Gasteiger partial charge in [0, 0.05) is 129 Å². The molecule has 0 aliphatic carbocycles. The Morgan fingerprint density at radius 1 is 0.849 bits per heavy atom. The maximum atomic E-state index is 15.8. The number of ether oxygens (including phenoxy) is 1. The molecular weight excluding hydrogens is 1020 g/mol. The van der Waals surface area contributed by atoms with Gasteiger partial charge in [0.05, 0.1) is 34.8 Å². The molecule has 0 saturated carbocycles. The number of pyridine rings is 1. The lowest BCUT2D eigenvalue weighted by Crippen LogP contribution is -2.55. The maximum Gasteiger partial charge on any atom is 0.234 e. The molecule has 5 aliphatic rings. The predicted octanol–water partition coefficient (Wildman–Crippen LogP) is 8.77. The van der Waals surface area contributed by atoms with Crippen LogP contribution in [0.2, 0.25) is 0 Å². The molecule has 2 aromatic heterocycles. The van der Waals surface area contributed by atoms with Crippen molar-refractivity contribution in [3.63, 3.8) is 0 Å². The number of aryl methyl sites for hydroxylation is 2. The van der Waals surface area contributed by atoms with Gasteiger partial charge >= 0.3 is 0 Å². The van der Waals surface area contributed by atoms with Gasteiger partial charge in [0.2, 0.25) is 23.7 Å². The molecule has 3 amide bonds. The van der Waals surface area contributed by atoms with Gasteiger partial charge in [-0.1, -0.05) is 19.9 Å². The number of hydrogen-bond donors (Lipinski definition) is 3. The molecule has 1 unspecified atom stereocenters. The average Bonchev–Trinajstić information content (AvgIpc) is 4.08. The van der Waals surface area contributed by atoms with E-state index in [0.29, 0.717) is 107 Å². The highest BCUT2D eigenvalue weighted by atomic mass is 79.9. The molecule has 15 nitrogen and oxygen atoms in total. The lowest BCUT2D eigenvalue weighted by molar-refractivity contribution is -0.137. The second-order valence-corrected chi connectivity index (χ2v) is 23.8. The zero-order chi connectivity index (χ0) is 51.1. The lowest BCUT2D eigenvalue weighted by atomic mass is 9.89. The van der Waals surface area contributed by atoms with Crippen molar-refractivity contribution in [3.8, 4) is 5.75 Å². The number of benzene rings is 3. The van der Waals surface area contributed by atoms with E-state index in [1.165, 1.54) is 18.2 Å². The predicted molar refractivity (Wildman–Crippen MR) is 281 cm³/mol. The monoisotopic (exact) mass is 1080 g/mol. The largest absolute Gasteiger partial charge is 0.494 e. The molecule has 3 N–H and O–H groups in total. The Morgan fingerprint density at radius 3 is 2.26 bits per heavy atom. The number of anilines is 6. The van der Waals surface area contributed by atoms with E-state index < -0.39 is 42.3 Å². The van der Waals surface area contributed by atoms with Gasteiger partial charge in [0.15, 0.2) is 5.82 Å². The smallest absolute Gasteiger partial charge is 0.234 e. The quantitative estimate of drug-likeness (QED) is 0.0758. The third-order valence-corrected chi connectivity index (χ3v) is 19.5. The van der Waals surface area contributed by atoms with E-state index in [2.05, 4.69) is 70.7 Å². The molecule has 10 rings (SSSR count). The number of rotatable bonds is 13. The third-order valence-electron chi connectivity index (χ3n) is 15.5. The van der Waals surface area contributed by atoms with E-state index in [9.17, 15) is 18.9 Å². The van der Waals surface area contributed by atoms with Crippen LogP contribution in [-0.2, 0) is 31.8 Å². The Morgan fingerprint density at radius 2 is 1.58 bits per heavy atom. The molecule has 7 heterocycles. The first-order valence-corrected chi connectivity index (χ1v) is 28.4. The number of piperazine rings is 1. The van der Waals surface area contributed by atoms with E-state index in [4.69, 9.17) is 9.72 Å². The number of nitrogens with one attached hydrogen (secondary N) is 3. The summed E-state index contributed by atoms with van der Waals surface area (Å²) in [5.74, 6) is -3.28. The van der Waals surface area contributed by atoms with Crippen LogP contribution in [0.5, 0.6) is 5.75 Å². The zero-order valence-electron chi connectivity index (χ0n) is 41.4. The highest BCUT2D eigenvalue weighted by Gasteiger charge is 2.38. The van der Waals surface area contributed by atoms with E-state index in [-0.39, 0.29) is 35.7 Å². The van der Waals surface area contributed by atoms with Crippen LogP contribution < -0.4 is 35.8 Å². The second kappa shape index (κ2) is 21.2. The van der Waals surface area contributed by atoms with Crippen LogP contribution in [0.15, 0.2) is 53.1 Å². The standard InChI is InChI=1S/C53H61BrF3N10O5P/c1-4-31-24-42(61-53-58-29-38(54)50(63-53)60-43-27-41(57)48-37(9-8-33(5-2)59-48)49(43)73(71)22-6-7-23-73)45(72-3)28-44(31)65-16-13-34(14-17-65)64-18-20-66(21-19-64)52(70)32-12-15-67(30-32)35-25-39(55)47(40(56)26-35)36-10-11-46(68)62-51(36)69/h8-9,24-29,32,34,36H,4-7,10-23,30H2,1-3H3,(H,62,68,69)(H2,58,60,61,63)/t32-,36?/m1/s1.